The van der Waals surface area contributed by atoms with E-state index < -0.39 is 0 Å². The van der Waals surface area contributed by atoms with Gasteiger partial charge in [-0.25, -0.2) is 0 Å². The van der Waals surface area contributed by atoms with Gasteiger partial charge in [0.2, 0.25) is 0 Å². The first-order valence-corrected chi connectivity index (χ1v) is 8.96. The number of rotatable bonds is 5. The van der Waals surface area contributed by atoms with Crippen molar-refractivity contribution < 1.29 is 39.1 Å². The molecule has 0 aromatic heterocycles. The van der Waals surface area contributed by atoms with Crippen LogP contribution in [0, 0.1) is 31.5 Å². The van der Waals surface area contributed by atoms with Crippen LogP contribution < -0.4 is 0 Å². The van der Waals surface area contributed by atoms with Crippen LogP contribution in [0.1, 0.15) is 51.5 Å². The third-order valence-electron chi connectivity index (χ3n) is 2.78. The van der Waals surface area contributed by atoms with Crippen molar-refractivity contribution in [1.82, 2.24) is 0 Å². The number of hydrogen-bond donors (Lipinski definition) is 0. The van der Waals surface area contributed by atoms with Crippen LogP contribution in [0.25, 0.3) is 0 Å². The van der Waals surface area contributed by atoms with E-state index in [2.05, 4.69) is 76.7 Å². The quantitative estimate of drug-likeness (QED) is 0.429. The predicted molar refractivity (Wildman–Crippen MR) is 94.2 cm³/mol. The molecule has 2 nitrogen and oxygen atoms in total. The second-order valence-corrected chi connectivity index (χ2v) is 4.83. The van der Waals surface area contributed by atoms with Gasteiger partial charge in [-0.1, -0.05) is 39.5 Å². The molecule has 0 saturated heterocycles. The maximum atomic E-state index is 7.94. The van der Waals surface area contributed by atoms with Gasteiger partial charge < -0.3 is 18.6 Å². The zero-order chi connectivity index (χ0) is 19.6. The Kier molecular flexibility index (Phi) is 35.6. The van der Waals surface area contributed by atoms with Crippen LogP contribution in [0.3, 0.4) is 0 Å². The molecule has 0 bridgehead atoms. The van der Waals surface area contributed by atoms with Gasteiger partial charge in [-0.2, -0.15) is 49.2 Å². The van der Waals surface area contributed by atoms with Crippen LogP contribution in [-0.4, -0.2) is 0 Å². The van der Waals surface area contributed by atoms with E-state index in [1.807, 2.05) is 48.5 Å². The minimum absolute atomic E-state index is 1.29. The fourth-order valence-corrected chi connectivity index (χ4v) is 1.55. The van der Waals surface area contributed by atoms with Crippen LogP contribution in [0.5, 0.6) is 0 Å². The smallest absolute Gasteiger partial charge is 0.288 e. The molecule has 0 aliphatic carbocycles. The first kappa shape index (κ1) is 28.8. The molecule has 0 heterocycles. The number of unbranched alkanes of at least 4 members (excludes halogenated alkanes) is 5. The fourth-order valence-electron chi connectivity index (χ4n) is 1.55. The molecule has 2 aromatic rings. The summed E-state index contributed by atoms with van der Waals surface area (Å²) in [5.41, 5.74) is 1.29. The molecule has 2 aromatic carbocycles. The van der Waals surface area contributed by atoms with Crippen molar-refractivity contribution in [2.45, 2.75) is 52.9 Å². The molecule has 25 heavy (non-hydrogen) atoms. The Morgan fingerprint density at radius 3 is 1.52 bits per heavy atom. The maximum absolute atomic E-state index is 7.94. The summed E-state index contributed by atoms with van der Waals surface area (Å²) in [5.74, 6) is 0. The molecule has 0 aliphatic rings. The first-order chi connectivity index (χ1) is 12.3. The van der Waals surface area contributed by atoms with Gasteiger partial charge in [-0.15, -0.1) is 0 Å². The van der Waals surface area contributed by atoms with Gasteiger partial charge >= 0.3 is 39.1 Å². The molecule has 2 rings (SSSR count). The number of hydrogen-bond acceptors (Lipinski definition) is 2. The second kappa shape index (κ2) is 30.9. The SMILES string of the molecule is C[CH-]CCCCCC.Cc1cc[c-]cc1.[O]=[Co].[O]=[Co].[c-]1cc[c-]cc1. The molecule has 4 heteroatoms. The molecule has 0 aliphatic heterocycles. The Hall–Kier alpha value is -0.947. The van der Waals surface area contributed by atoms with Crippen LogP contribution in [0.15, 0.2) is 48.5 Å². The summed E-state index contributed by atoms with van der Waals surface area (Å²) in [4.78, 5) is 0. The normalized spacial score (nSPS) is 7.88. The monoisotopic (exact) mass is 430 g/mol. The van der Waals surface area contributed by atoms with Gasteiger partial charge in [0.25, 0.3) is 0 Å². The Labute approximate surface area is 170 Å². The number of aryl methyl sites for hydroxylation is 1. The van der Waals surface area contributed by atoms with Crippen molar-refractivity contribution in [3.8, 4) is 0 Å². The van der Waals surface area contributed by atoms with E-state index in [-0.39, 0.29) is 0 Å². The average Bonchev–Trinajstić information content (AvgIpc) is 2.71. The van der Waals surface area contributed by atoms with Crippen molar-refractivity contribution >= 4 is 0 Å². The topological polar surface area (TPSA) is 34.1 Å². The van der Waals surface area contributed by atoms with E-state index in [0.29, 0.717) is 0 Å². The molecular weight excluding hydrogens is 402 g/mol. The van der Waals surface area contributed by atoms with Gasteiger partial charge in [-0.3, -0.25) is 24.3 Å². The molecule has 0 atom stereocenters. The molecule has 146 valence electrons. The third kappa shape index (κ3) is 31.4. The molecule has 0 N–H and O–H groups in total. The van der Waals surface area contributed by atoms with E-state index in [1.165, 1.54) is 37.7 Å². The summed E-state index contributed by atoms with van der Waals surface area (Å²) in [6.07, 6.45) is 9.12. The van der Waals surface area contributed by atoms with E-state index in [4.69, 9.17) is 7.73 Å². The van der Waals surface area contributed by atoms with Gasteiger partial charge in [0.05, 0.1) is 0 Å². The molecule has 0 saturated carbocycles. The summed E-state index contributed by atoms with van der Waals surface area (Å²) < 4.78 is 15.9. The van der Waals surface area contributed by atoms with Crippen LogP contribution in [0.4, 0.5) is 0 Å². The van der Waals surface area contributed by atoms with Crippen molar-refractivity contribution in [3.05, 3.63) is 78.7 Å². The molecule has 0 amide bonds. The van der Waals surface area contributed by atoms with Gasteiger partial charge in [0.15, 0.2) is 0 Å². The van der Waals surface area contributed by atoms with Crippen molar-refractivity contribution in [3.63, 3.8) is 0 Å². The van der Waals surface area contributed by atoms with E-state index in [1.54, 1.807) is 0 Å². The van der Waals surface area contributed by atoms with E-state index in [9.17, 15) is 0 Å². The van der Waals surface area contributed by atoms with Crippen molar-refractivity contribution in [2.24, 2.45) is 0 Å². The van der Waals surface area contributed by atoms with Gasteiger partial charge in [0, 0.05) is 0 Å². The maximum Gasteiger partial charge on any atom is -0.288 e. The van der Waals surface area contributed by atoms with Crippen LogP contribution >= 0.6 is 0 Å². The molecule has 0 radical (unpaired) electrons. The molecule has 0 spiro atoms. The summed E-state index contributed by atoms with van der Waals surface area (Å²) >= 11 is 4.62. The van der Waals surface area contributed by atoms with Gasteiger partial charge in [-0.05, 0) is 0 Å². The predicted octanol–water partition coefficient (Wildman–Crippen LogP) is 6.02. The molecule has 0 fully saturated rings. The standard InChI is InChI=1S/C8H17.C7H7.C6H4.2Co.2O/c1-3-5-7-8-6-4-2;1-7-5-3-2-4-6-7;1-2-4-6-5-3-1;;;;/h3H,4-8H2,1-2H3;3-6H,1H3;1-2,5-6H;;;;/q2*-1;-2;;;;. The van der Waals surface area contributed by atoms with E-state index >= 15 is 0 Å². The Morgan fingerprint density at radius 2 is 1.24 bits per heavy atom. The van der Waals surface area contributed by atoms with Crippen LogP contribution in [-0.2, 0) is 39.1 Å². The fraction of sp³-hybridized carbons (Fsp3) is 0.381. The zero-order valence-corrected chi connectivity index (χ0v) is 17.3. The minimum Gasteiger partial charge on any atom is -0.319 e. The summed E-state index contributed by atoms with van der Waals surface area (Å²) in [5, 5.41) is 0. The Bertz CT molecular complexity index is 390. The minimum atomic E-state index is 1.29. The average molecular weight is 430 g/mol. The molecule has 0 unspecified atom stereocenters. The Morgan fingerprint density at radius 1 is 0.800 bits per heavy atom. The van der Waals surface area contributed by atoms with E-state index in [0.717, 1.165) is 0 Å². The largest absolute Gasteiger partial charge is 0.319 e. The summed E-state index contributed by atoms with van der Waals surface area (Å²) in [6, 6.07) is 23.8. The summed E-state index contributed by atoms with van der Waals surface area (Å²) in [6.45, 7) is 6.44. The van der Waals surface area contributed by atoms with Crippen molar-refractivity contribution in [2.75, 3.05) is 0 Å². The van der Waals surface area contributed by atoms with Crippen LogP contribution in [0.2, 0.25) is 0 Å². The number of benzene rings is 2. The second-order valence-electron chi connectivity index (χ2n) is 4.83. The Balaban J connectivity index is -0.000000265. The summed E-state index contributed by atoms with van der Waals surface area (Å²) in [7, 11) is 0. The van der Waals surface area contributed by atoms with Crippen molar-refractivity contribution in [1.29, 1.82) is 0 Å². The third-order valence-corrected chi connectivity index (χ3v) is 2.78. The zero-order valence-electron chi connectivity index (χ0n) is 15.2. The molecular formula is C21H28Co2O2-4. The van der Waals surface area contributed by atoms with Gasteiger partial charge in [0.1, 0.15) is 0 Å². The first-order valence-electron chi connectivity index (χ1n) is 8.11.